The fourth-order valence-corrected chi connectivity index (χ4v) is 3.55. The van der Waals surface area contributed by atoms with Gasteiger partial charge in [-0.1, -0.05) is 0 Å². The molecule has 1 amide bonds. The van der Waals surface area contributed by atoms with Gasteiger partial charge >= 0.3 is 0 Å². The molecule has 22 heavy (non-hydrogen) atoms. The molecule has 1 aliphatic heterocycles. The summed E-state index contributed by atoms with van der Waals surface area (Å²) in [6, 6.07) is 3.27. The van der Waals surface area contributed by atoms with Crippen molar-refractivity contribution >= 4 is 15.7 Å². The van der Waals surface area contributed by atoms with Crippen LogP contribution in [0.4, 0.5) is 0 Å². The van der Waals surface area contributed by atoms with Crippen molar-refractivity contribution in [2.24, 2.45) is 0 Å². The van der Waals surface area contributed by atoms with Crippen LogP contribution in [-0.2, 0) is 21.2 Å². The van der Waals surface area contributed by atoms with Gasteiger partial charge < -0.3 is 9.88 Å². The van der Waals surface area contributed by atoms with Gasteiger partial charge in [-0.05, 0) is 18.6 Å². The van der Waals surface area contributed by atoms with Crippen molar-refractivity contribution in [1.82, 2.24) is 14.8 Å². The minimum absolute atomic E-state index is 0.00646. The Labute approximate surface area is 129 Å². The lowest BCUT2D eigenvalue weighted by molar-refractivity contribution is -0.121. The first kappa shape index (κ1) is 16.7. The summed E-state index contributed by atoms with van der Waals surface area (Å²) in [5.41, 5.74) is 0.665. The van der Waals surface area contributed by atoms with Gasteiger partial charge in [0.2, 0.25) is 5.91 Å². The van der Waals surface area contributed by atoms with Crippen LogP contribution in [0.15, 0.2) is 23.1 Å². The molecule has 2 rings (SSSR count). The van der Waals surface area contributed by atoms with Crippen molar-refractivity contribution in [3.05, 3.63) is 34.2 Å². The third-order valence-corrected chi connectivity index (χ3v) is 5.26. The molecule has 1 aromatic rings. The van der Waals surface area contributed by atoms with Crippen molar-refractivity contribution in [3.63, 3.8) is 0 Å². The van der Waals surface area contributed by atoms with Crippen molar-refractivity contribution in [2.75, 3.05) is 37.7 Å². The number of carbonyl (C=O) groups excluding carboxylic acids is 1. The van der Waals surface area contributed by atoms with Crippen LogP contribution < -0.4 is 10.9 Å². The van der Waals surface area contributed by atoms with Crippen LogP contribution in [0, 0.1) is 6.92 Å². The molecule has 1 aromatic heterocycles. The van der Waals surface area contributed by atoms with E-state index in [4.69, 9.17) is 0 Å². The van der Waals surface area contributed by atoms with E-state index in [2.05, 4.69) is 5.32 Å². The minimum Gasteiger partial charge on any atom is -0.353 e. The largest absolute Gasteiger partial charge is 0.353 e. The molecule has 1 N–H and O–H groups in total. The van der Waals surface area contributed by atoms with Crippen LogP contribution in [0.1, 0.15) is 5.56 Å². The first-order chi connectivity index (χ1) is 10.4. The summed E-state index contributed by atoms with van der Waals surface area (Å²) < 4.78 is 24.0. The maximum atomic E-state index is 11.8. The number of hydrogen-bond donors (Lipinski definition) is 1. The van der Waals surface area contributed by atoms with Gasteiger partial charge in [-0.2, -0.15) is 0 Å². The molecule has 1 saturated heterocycles. The molecule has 122 valence electrons. The maximum Gasteiger partial charge on any atom is 0.251 e. The molecule has 2 heterocycles. The highest BCUT2D eigenvalue weighted by Gasteiger charge is 2.21. The first-order valence-electron chi connectivity index (χ1n) is 7.22. The average molecular weight is 327 g/mol. The lowest BCUT2D eigenvalue weighted by atomic mass is 10.3. The summed E-state index contributed by atoms with van der Waals surface area (Å²) in [7, 11) is -2.87. The Morgan fingerprint density at radius 3 is 2.64 bits per heavy atom. The normalized spacial score (nSPS) is 18.0. The van der Waals surface area contributed by atoms with Crippen molar-refractivity contribution in [3.8, 4) is 0 Å². The van der Waals surface area contributed by atoms with Gasteiger partial charge in [-0.3, -0.25) is 14.5 Å². The highest BCUT2D eigenvalue weighted by Crippen LogP contribution is 2.02. The summed E-state index contributed by atoms with van der Waals surface area (Å²) in [6.45, 7) is 3.90. The second-order valence-electron chi connectivity index (χ2n) is 5.51. The van der Waals surface area contributed by atoms with Crippen LogP contribution in [0.5, 0.6) is 0 Å². The van der Waals surface area contributed by atoms with Crippen LogP contribution in [0.3, 0.4) is 0 Å². The number of hydrogen-bond acceptors (Lipinski definition) is 5. The van der Waals surface area contributed by atoms with Crippen molar-refractivity contribution in [2.45, 2.75) is 13.5 Å². The number of amides is 1. The van der Waals surface area contributed by atoms with Gasteiger partial charge in [0.25, 0.3) is 5.56 Å². The highest BCUT2D eigenvalue weighted by atomic mass is 32.2. The Hall–Kier alpha value is -1.67. The summed E-state index contributed by atoms with van der Waals surface area (Å²) in [5.74, 6) is 0.134. The molecule has 0 aromatic carbocycles. The van der Waals surface area contributed by atoms with E-state index in [1.54, 1.807) is 12.3 Å². The molecule has 0 aliphatic carbocycles. The molecule has 0 spiro atoms. The zero-order chi connectivity index (χ0) is 16.2. The number of sulfone groups is 1. The first-order valence-corrected chi connectivity index (χ1v) is 9.04. The van der Waals surface area contributed by atoms with E-state index in [0.717, 1.165) is 5.56 Å². The van der Waals surface area contributed by atoms with Crippen molar-refractivity contribution in [1.29, 1.82) is 0 Å². The molecule has 1 aliphatic rings. The SMILES string of the molecule is Cc1ccn(CC(=O)NCCN2CCS(=O)(=O)CC2)c(=O)c1. The Morgan fingerprint density at radius 2 is 2.00 bits per heavy atom. The topological polar surface area (TPSA) is 88.5 Å². The van der Waals surface area contributed by atoms with E-state index in [-0.39, 0.29) is 29.5 Å². The standard InChI is InChI=1S/C14H21N3O4S/c1-12-2-4-17(14(19)10-12)11-13(18)15-3-5-16-6-8-22(20,21)9-7-16/h2,4,10H,3,5-9,11H2,1H3,(H,15,18). The fourth-order valence-electron chi connectivity index (χ4n) is 2.28. The number of carbonyl (C=O) groups is 1. The van der Waals surface area contributed by atoms with E-state index < -0.39 is 9.84 Å². The number of nitrogens with zero attached hydrogens (tertiary/aromatic N) is 2. The molecular weight excluding hydrogens is 306 g/mol. The monoisotopic (exact) mass is 327 g/mol. The predicted molar refractivity (Wildman–Crippen MR) is 83.5 cm³/mol. The molecular formula is C14H21N3O4S. The average Bonchev–Trinajstić information content (AvgIpc) is 2.44. The zero-order valence-electron chi connectivity index (χ0n) is 12.6. The molecule has 1 fully saturated rings. The predicted octanol–water partition coefficient (Wildman–Crippen LogP) is -0.997. The second-order valence-corrected chi connectivity index (χ2v) is 7.82. The Balaban J connectivity index is 1.73. The summed E-state index contributed by atoms with van der Waals surface area (Å²) in [5, 5.41) is 2.75. The van der Waals surface area contributed by atoms with Gasteiger partial charge in [0, 0.05) is 38.4 Å². The number of nitrogens with one attached hydrogen (secondary N) is 1. The smallest absolute Gasteiger partial charge is 0.251 e. The number of aryl methyl sites for hydroxylation is 1. The van der Waals surface area contributed by atoms with Crippen LogP contribution >= 0.6 is 0 Å². The lowest BCUT2D eigenvalue weighted by Gasteiger charge is -2.26. The molecule has 0 saturated carbocycles. The quantitative estimate of drug-likeness (QED) is 0.750. The second kappa shape index (κ2) is 7.06. The van der Waals surface area contributed by atoms with Gasteiger partial charge in [-0.15, -0.1) is 0 Å². The maximum absolute atomic E-state index is 11.8. The van der Waals surface area contributed by atoms with E-state index in [1.165, 1.54) is 10.6 Å². The highest BCUT2D eigenvalue weighted by molar-refractivity contribution is 7.91. The summed E-state index contributed by atoms with van der Waals surface area (Å²) in [6.07, 6.45) is 1.60. The molecule has 0 atom stereocenters. The Kier molecular flexibility index (Phi) is 5.36. The van der Waals surface area contributed by atoms with Gasteiger partial charge in [0.05, 0.1) is 11.5 Å². The zero-order valence-corrected chi connectivity index (χ0v) is 13.4. The minimum atomic E-state index is -2.87. The lowest BCUT2D eigenvalue weighted by Crippen LogP contribution is -2.44. The third kappa shape index (κ3) is 4.96. The fraction of sp³-hybridized carbons (Fsp3) is 0.571. The van der Waals surface area contributed by atoms with Gasteiger partial charge in [0.15, 0.2) is 9.84 Å². The summed E-state index contributed by atoms with van der Waals surface area (Å²) >= 11 is 0. The number of pyridine rings is 1. The summed E-state index contributed by atoms with van der Waals surface area (Å²) in [4.78, 5) is 25.5. The van der Waals surface area contributed by atoms with E-state index in [9.17, 15) is 18.0 Å². The molecule has 0 radical (unpaired) electrons. The van der Waals surface area contributed by atoms with Gasteiger partial charge in [0.1, 0.15) is 6.54 Å². The number of aromatic nitrogens is 1. The van der Waals surface area contributed by atoms with E-state index in [1.807, 2.05) is 11.8 Å². The molecule has 0 bridgehead atoms. The van der Waals surface area contributed by atoms with E-state index in [0.29, 0.717) is 26.2 Å². The van der Waals surface area contributed by atoms with E-state index >= 15 is 0 Å². The van der Waals surface area contributed by atoms with Crippen LogP contribution in [0.25, 0.3) is 0 Å². The number of rotatable bonds is 5. The van der Waals surface area contributed by atoms with Crippen molar-refractivity contribution < 1.29 is 13.2 Å². The van der Waals surface area contributed by atoms with Crippen LogP contribution in [0.2, 0.25) is 0 Å². The Morgan fingerprint density at radius 1 is 1.32 bits per heavy atom. The third-order valence-electron chi connectivity index (χ3n) is 3.65. The molecule has 0 unspecified atom stereocenters. The Bertz CT molecular complexity index is 682. The van der Waals surface area contributed by atoms with Gasteiger partial charge in [-0.25, -0.2) is 8.42 Å². The van der Waals surface area contributed by atoms with Crippen LogP contribution in [-0.4, -0.2) is 61.5 Å². The molecule has 8 heteroatoms. The molecule has 7 nitrogen and oxygen atoms in total.